The summed E-state index contributed by atoms with van der Waals surface area (Å²) in [6.45, 7) is 8.13. The second-order valence-corrected chi connectivity index (χ2v) is 6.42. The van der Waals surface area contributed by atoms with E-state index in [4.69, 9.17) is 4.74 Å². The fraction of sp³-hybridized carbons (Fsp3) is 0.950. The summed E-state index contributed by atoms with van der Waals surface area (Å²) in [4.78, 5) is 0. The van der Waals surface area contributed by atoms with Crippen LogP contribution in [-0.2, 0) is 4.74 Å². The molecule has 0 fully saturated rings. The molecule has 0 atom stereocenters. The smallest absolute Gasteiger partial charge is 0.0466 e. The number of ether oxygens (including phenoxy) is 1. The van der Waals surface area contributed by atoms with Gasteiger partial charge >= 0.3 is 0 Å². The fourth-order valence-corrected chi connectivity index (χ4v) is 2.70. The highest BCUT2D eigenvalue weighted by Crippen LogP contribution is 2.09. The standard InChI is InChI=1S/C20H41O/c1-3-5-7-9-11-13-15-17-19-21-20-18-16-14-12-10-8-6-4-2/h1,3-20H2,2H3. The third-order valence-electron chi connectivity index (χ3n) is 4.18. The third kappa shape index (κ3) is 20.0. The number of hydrogen-bond donors (Lipinski definition) is 0. The van der Waals surface area contributed by atoms with Gasteiger partial charge in [-0.1, -0.05) is 104 Å². The van der Waals surface area contributed by atoms with Crippen molar-refractivity contribution >= 4 is 0 Å². The van der Waals surface area contributed by atoms with Crippen LogP contribution in [0, 0.1) is 6.92 Å². The Morgan fingerprint density at radius 2 is 0.905 bits per heavy atom. The van der Waals surface area contributed by atoms with Gasteiger partial charge in [0.25, 0.3) is 0 Å². The summed E-state index contributed by atoms with van der Waals surface area (Å²) in [6, 6.07) is 0. The van der Waals surface area contributed by atoms with E-state index < -0.39 is 0 Å². The molecule has 127 valence electrons. The SMILES string of the molecule is [CH2]CCCCCCCCCOCCCCCCCCCC. The second-order valence-electron chi connectivity index (χ2n) is 6.42. The van der Waals surface area contributed by atoms with E-state index in [1.54, 1.807) is 0 Å². The Kier molecular flexibility index (Phi) is 19.9. The Balaban J connectivity index is 2.90. The van der Waals surface area contributed by atoms with Gasteiger partial charge in [-0.2, -0.15) is 0 Å². The topological polar surface area (TPSA) is 9.23 Å². The van der Waals surface area contributed by atoms with Crippen LogP contribution in [0.4, 0.5) is 0 Å². The van der Waals surface area contributed by atoms with Crippen LogP contribution in [0.1, 0.15) is 110 Å². The Labute approximate surface area is 135 Å². The minimum Gasteiger partial charge on any atom is -0.381 e. The first kappa shape index (κ1) is 21.0. The average molecular weight is 298 g/mol. The first-order valence-corrected chi connectivity index (χ1v) is 9.78. The summed E-state index contributed by atoms with van der Waals surface area (Å²) in [5.74, 6) is 0. The van der Waals surface area contributed by atoms with Gasteiger partial charge < -0.3 is 4.74 Å². The van der Waals surface area contributed by atoms with Crippen molar-refractivity contribution in [3.63, 3.8) is 0 Å². The molecule has 1 heteroatoms. The van der Waals surface area contributed by atoms with Gasteiger partial charge in [0.15, 0.2) is 0 Å². The van der Waals surface area contributed by atoms with Crippen LogP contribution < -0.4 is 0 Å². The molecule has 0 aliphatic carbocycles. The van der Waals surface area contributed by atoms with Gasteiger partial charge in [-0.3, -0.25) is 0 Å². The molecule has 0 aliphatic heterocycles. The largest absolute Gasteiger partial charge is 0.381 e. The highest BCUT2D eigenvalue weighted by atomic mass is 16.5. The van der Waals surface area contributed by atoms with E-state index in [-0.39, 0.29) is 0 Å². The highest BCUT2D eigenvalue weighted by Gasteiger charge is 1.94. The van der Waals surface area contributed by atoms with E-state index in [1.807, 2.05) is 0 Å². The molecule has 0 N–H and O–H groups in total. The van der Waals surface area contributed by atoms with E-state index in [9.17, 15) is 0 Å². The zero-order valence-corrected chi connectivity index (χ0v) is 14.8. The van der Waals surface area contributed by atoms with Gasteiger partial charge in [0.2, 0.25) is 0 Å². The average Bonchev–Trinajstić information content (AvgIpc) is 2.50. The summed E-state index contributed by atoms with van der Waals surface area (Å²) < 4.78 is 5.72. The molecule has 0 saturated carbocycles. The van der Waals surface area contributed by atoms with E-state index >= 15 is 0 Å². The molecule has 0 aromatic heterocycles. The van der Waals surface area contributed by atoms with Crippen LogP contribution in [0.5, 0.6) is 0 Å². The lowest BCUT2D eigenvalue weighted by Gasteiger charge is -2.05. The van der Waals surface area contributed by atoms with Gasteiger partial charge in [-0.25, -0.2) is 0 Å². The van der Waals surface area contributed by atoms with Crippen LogP contribution in [-0.4, -0.2) is 13.2 Å². The number of hydrogen-bond acceptors (Lipinski definition) is 1. The molecule has 0 rings (SSSR count). The van der Waals surface area contributed by atoms with Crippen molar-refractivity contribution in [1.82, 2.24) is 0 Å². The third-order valence-corrected chi connectivity index (χ3v) is 4.18. The van der Waals surface area contributed by atoms with Crippen molar-refractivity contribution < 1.29 is 4.74 Å². The summed E-state index contributed by atoms with van der Waals surface area (Å²) in [5, 5.41) is 0. The molecular formula is C20H41O. The predicted molar refractivity (Wildman–Crippen MR) is 95.7 cm³/mol. The van der Waals surface area contributed by atoms with Gasteiger partial charge in [-0.15, -0.1) is 0 Å². The number of rotatable bonds is 18. The summed E-state index contributed by atoms with van der Waals surface area (Å²) in [6.07, 6.45) is 21.7. The molecular weight excluding hydrogens is 256 g/mol. The van der Waals surface area contributed by atoms with E-state index in [1.165, 1.54) is 96.3 Å². The summed E-state index contributed by atoms with van der Waals surface area (Å²) in [5.41, 5.74) is 0. The molecule has 1 nitrogen and oxygen atoms in total. The quantitative estimate of drug-likeness (QED) is 0.245. The van der Waals surface area contributed by atoms with Crippen LogP contribution in [0.25, 0.3) is 0 Å². The molecule has 21 heavy (non-hydrogen) atoms. The van der Waals surface area contributed by atoms with Crippen molar-refractivity contribution in [3.8, 4) is 0 Å². The predicted octanol–water partition coefficient (Wildman–Crippen LogP) is 7.10. The summed E-state index contributed by atoms with van der Waals surface area (Å²) >= 11 is 0. The molecule has 0 saturated heterocycles. The normalized spacial score (nSPS) is 11.1. The molecule has 0 heterocycles. The first-order valence-electron chi connectivity index (χ1n) is 9.78. The van der Waals surface area contributed by atoms with Gasteiger partial charge in [-0.05, 0) is 12.8 Å². The summed E-state index contributed by atoms with van der Waals surface area (Å²) in [7, 11) is 0. The Bertz CT molecular complexity index is 149. The van der Waals surface area contributed by atoms with Crippen molar-refractivity contribution in [3.05, 3.63) is 6.92 Å². The van der Waals surface area contributed by atoms with Crippen LogP contribution in [0.15, 0.2) is 0 Å². The molecule has 0 aliphatic rings. The van der Waals surface area contributed by atoms with Gasteiger partial charge in [0, 0.05) is 13.2 Å². The monoisotopic (exact) mass is 297 g/mol. The molecule has 0 aromatic carbocycles. The maximum absolute atomic E-state index is 5.72. The highest BCUT2D eigenvalue weighted by molar-refractivity contribution is 4.48. The van der Waals surface area contributed by atoms with Crippen molar-refractivity contribution in [2.24, 2.45) is 0 Å². The molecule has 1 radical (unpaired) electrons. The Morgan fingerprint density at radius 1 is 0.524 bits per heavy atom. The Hall–Kier alpha value is -0.0400. The van der Waals surface area contributed by atoms with Crippen molar-refractivity contribution in [2.45, 2.75) is 110 Å². The fourth-order valence-electron chi connectivity index (χ4n) is 2.70. The zero-order valence-electron chi connectivity index (χ0n) is 14.8. The van der Waals surface area contributed by atoms with Crippen molar-refractivity contribution in [1.29, 1.82) is 0 Å². The lowest BCUT2D eigenvalue weighted by Crippen LogP contribution is -1.97. The van der Waals surface area contributed by atoms with Crippen LogP contribution in [0.2, 0.25) is 0 Å². The maximum atomic E-state index is 5.72. The number of unbranched alkanes of at least 4 members (excludes halogenated alkanes) is 14. The first-order chi connectivity index (χ1) is 10.4. The van der Waals surface area contributed by atoms with Gasteiger partial charge in [0.05, 0.1) is 0 Å². The van der Waals surface area contributed by atoms with E-state index in [0.29, 0.717) is 0 Å². The zero-order chi connectivity index (χ0) is 15.4. The second kappa shape index (κ2) is 20.0. The van der Waals surface area contributed by atoms with E-state index in [2.05, 4.69) is 13.8 Å². The molecule has 0 spiro atoms. The minimum atomic E-state index is 0.982. The molecule has 0 amide bonds. The van der Waals surface area contributed by atoms with Gasteiger partial charge in [0.1, 0.15) is 0 Å². The van der Waals surface area contributed by atoms with Crippen LogP contribution >= 0.6 is 0 Å². The maximum Gasteiger partial charge on any atom is 0.0466 e. The minimum absolute atomic E-state index is 0.982. The molecule has 0 aromatic rings. The lowest BCUT2D eigenvalue weighted by molar-refractivity contribution is 0.125. The van der Waals surface area contributed by atoms with E-state index in [0.717, 1.165) is 19.6 Å². The lowest BCUT2D eigenvalue weighted by atomic mass is 10.1. The molecule has 0 unspecified atom stereocenters. The molecule has 0 bridgehead atoms. The Morgan fingerprint density at radius 3 is 1.33 bits per heavy atom. The van der Waals surface area contributed by atoms with Crippen LogP contribution in [0.3, 0.4) is 0 Å². The van der Waals surface area contributed by atoms with Crippen molar-refractivity contribution in [2.75, 3.05) is 13.2 Å².